The van der Waals surface area contributed by atoms with E-state index < -0.39 is 17.6 Å². The standard InChI is InChI=1S/C24H23FN2O5/c25-18-5-2-15(3-6-18)16-4-7-19-17(10-16)12-26(22(19)29)13-21(28)27-14-24(8-1-9-32-24)11-20(27)23(30)31/h2-7,10,20H,1,8-9,11-14H2,(H,30,31). The van der Waals surface area contributed by atoms with E-state index in [2.05, 4.69) is 0 Å². The van der Waals surface area contributed by atoms with Gasteiger partial charge < -0.3 is 19.6 Å². The topological polar surface area (TPSA) is 87.2 Å². The van der Waals surface area contributed by atoms with Crippen molar-refractivity contribution in [1.29, 1.82) is 0 Å². The van der Waals surface area contributed by atoms with Gasteiger partial charge in [-0.05, 0) is 53.8 Å². The average Bonchev–Trinajstić information content (AvgIpc) is 3.47. The molecule has 2 atom stereocenters. The zero-order valence-electron chi connectivity index (χ0n) is 17.4. The number of carboxylic acids is 1. The van der Waals surface area contributed by atoms with E-state index in [1.807, 2.05) is 6.07 Å². The lowest BCUT2D eigenvalue weighted by Gasteiger charge is -2.25. The number of hydrogen-bond donors (Lipinski definition) is 1. The van der Waals surface area contributed by atoms with Crippen LogP contribution in [-0.2, 0) is 20.9 Å². The number of fused-ring (bicyclic) bond motifs is 1. The fraction of sp³-hybridized carbons (Fsp3) is 0.375. The summed E-state index contributed by atoms with van der Waals surface area (Å²) in [6, 6.07) is 10.6. The average molecular weight is 438 g/mol. The van der Waals surface area contributed by atoms with Crippen LogP contribution in [0.4, 0.5) is 4.39 Å². The SMILES string of the molecule is O=C(O)C1CC2(CCCO2)CN1C(=O)CN1Cc2cc(-c3ccc(F)cc3)ccc2C1=O. The van der Waals surface area contributed by atoms with E-state index in [9.17, 15) is 23.9 Å². The fourth-order valence-corrected chi connectivity index (χ4v) is 5.06. The van der Waals surface area contributed by atoms with E-state index in [-0.39, 0.29) is 43.7 Å². The van der Waals surface area contributed by atoms with Gasteiger partial charge in [-0.3, -0.25) is 9.59 Å². The maximum Gasteiger partial charge on any atom is 0.326 e. The number of nitrogens with zero attached hydrogens (tertiary/aromatic N) is 2. The molecule has 166 valence electrons. The number of aliphatic carboxylic acids is 1. The largest absolute Gasteiger partial charge is 0.480 e. The number of carboxylic acid groups (broad SMARTS) is 1. The van der Waals surface area contributed by atoms with Crippen molar-refractivity contribution in [3.8, 4) is 11.1 Å². The molecule has 1 spiro atoms. The number of hydrogen-bond acceptors (Lipinski definition) is 4. The smallest absolute Gasteiger partial charge is 0.326 e. The summed E-state index contributed by atoms with van der Waals surface area (Å²) in [5.74, 6) is -2.01. The third-order valence-electron chi connectivity index (χ3n) is 6.68. The molecule has 3 aliphatic heterocycles. The number of halogens is 1. The van der Waals surface area contributed by atoms with Crippen LogP contribution in [0.15, 0.2) is 42.5 Å². The molecule has 2 fully saturated rings. The van der Waals surface area contributed by atoms with E-state index in [0.29, 0.717) is 12.2 Å². The molecular weight excluding hydrogens is 415 g/mol. The summed E-state index contributed by atoms with van der Waals surface area (Å²) in [5, 5.41) is 9.63. The molecule has 2 unspecified atom stereocenters. The highest BCUT2D eigenvalue weighted by Crippen LogP contribution is 2.38. The van der Waals surface area contributed by atoms with Crippen LogP contribution in [0.2, 0.25) is 0 Å². The molecule has 2 aromatic carbocycles. The Morgan fingerprint density at radius 2 is 1.91 bits per heavy atom. The number of amides is 2. The fourth-order valence-electron chi connectivity index (χ4n) is 5.06. The number of ether oxygens (including phenoxy) is 1. The van der Waals surface area contributed by atoms with Gasteiger partial charge in [0.1, 0.15) is 18.4 Å². The Hall–Kier alpha value is -3.26. The zero-order valence-corrected chi connectivity index (χ0v) is 17.4. The van der Waals surface area contributed by atoms with Crippen molar-refractivity contribution in [3.63, 3.8) is 0 Å². The molecule has 32 heavy (non-hydrogen) atoms. The lowest BCUT2D eigenvalue weighted by Crippen LogP contribution is -2.46. The van der Waals surface area contributed by atoms with Crippen LogP contribution < -0.4 is 0 Å². The van der Waals surface area contributed by atoms with Crippen LogP contribution in [0, 0.1) is 5.82 Å². The Kier molecular flexibility index (Phi) is 4.97. The summed E-state index contributed by atoms with van der Waals surface area (Å²) in [4.78, 5) is 40.5. The number of likely N-dealkylation sites (tertiary alicyclic amines) is 1. The minimum atomic E-state index is -1.05. The molecule has 0 aliphatic carbocycles. The molecule has 0 radical (unpaired) electrons. The summed E-state index contributed by atoms with van der Waals surface area (Å²) in [7, 11) is 0. The van der Waals surface area contributed by atoms with Crippen molar-refractivity contribution in [3.05, 3.63) is 59.4 Å². The Labute approximate surface area is 184 Å². The summed E-state index contributed by atoms with van der Waals surface area (Å²) in [6.45, 7) is 0.901. The molecule has 8 heteroatoms. The van der Waals surface area contributed by atoms with Crippen LogP contribution in [0.5, 0.6) is 0 Å². The van der Waals surface area contributed by atoms with Gasteiger partial charge in [-0.2, -0.15) is 0 Å². The first kappa shape index (κ1) is 20.6. The maximum atomic E-state index is 13.2. The van der Waals surface area contributed by atoms with Gasteiger partial charge in [0.25, 0.3) is 5.91 Å². The first-order chi connectivity index (χ1) is 15.3. The number of carbonyl (C=O) groups excluding carboxylic acids is 2. The van der Waals surface area contributed by atoms with Crippen LogP contribution in [0.1, 0.15) is 35.2 Å². The minimum Gasteiger partial charge on any atom is -0.480 e. The molecule has 7 nitrogen and oxygen atoms in total. The van der Waals surface area contributed by atoms with E-state index in [4.69, 9.17) is 4.74 Å². The summed E-state index contributed by atoms with van der Waals surface area (Å²) in [6.07, 6.45) is 1.87. The van der Waals surface area contributed by atoms with Gasteiger partial charge in [0, 0.05) is 25.1 Å². The summed E-state index contributed by atoms with van der Waals surface area (Å²) in [5.41, 5.74) is 2.42. The highest BCUT2D eigenvalue weighted by molar-refractivity contribution is 6.01. The second-order valence-corrected chi connectivity index (χ2v) is 8.75. The van der Waals surface area contributed by atoms with Crippen molar-refractivity contribution >= 4 is 17.8 Å². The van der Waals surface area contributed by atoms with Gasteiger partial charge in [-0.1, -0.05) is 18.2 Å². The molecule has 3 heterocycles. The Bertz CT molecular complexity index is 1090. The van der Waals surface area contributed by atoms with Crippen molar-refractivity contribution in [2.24, 2.45) is 0 Å². The van der Waals surface area contributed by atoms with E-state index in [1.165, 1.54) is 21.9 Å². The number of benzene rings is 2. The first-order valence-corrected chi connectivity index (χ1v) is 10.7. The second kappa shape index (κ2) is 7.70. The second-order valence-electron chi connectivity index (χ2n) is 8.75. The van der Waals surface area contributed by atoms with Gasteiger partial charge in [-0.25, -0.2) is 9.18 Å². The van der Waals surface area contributed by atoms with Crippen LogP contribution in [-0.4, -0.2) is 64.0 Å². The quantitative estimate of drug-likeness (QED) is 0.793. The maximum absolute atomic E-state index is 13.2. The van der Waals surface area contributed by atoms with Gasteiger partial charge in [-0.15, -0.1) is 0 Å². The first-order valence-electron chi connectivity index (χ1n) is 10.7. The van der Waals surface area contributed by atoms with Gasteiger partial charge in [0.15, 0.2) is 0 Å². The molecular formula is C24H23FN2O5. The third kappa shape index (κ3) is 3.54. The lowest BCUT2D eigenvalue weighted by atomic mass is 9.97. The lowest BCUT2D eigenvalue weighted by molar-refractivity contribution is -0.148. The molecule has 2 saturated heterocycles. The molecule has 0 saturated carbocycles. The number of carbonyl (C=O) groups is 3. The zero-order chi connectivity index (χ0) is 22.5. The van der Waals surface area contributed by atoms with Crippen molar-refractivity contribution in [2.75, 3.05) is 19.7 Å². The van der Waals surface area contributed by atoms with Crippen molar-refractivity contribution in [1.82, 2.24) is 9.80 Å². The molecule has 2 aromatic rings. The molecule has 0 bridgehead atoms. The highest BCUT2D eigenvalue weighted by Gasteiger charge is 2.51. The van der Waals surface area contributed by atoms with E-state index in [1.54, 1.807) is 24.3 Å². The van der Waals surface area contributed by atoms with Gasteiger partial charge in [0.05, 0.1) is 12.1 Å². The Morgan fingerprint density at radius 3 is 2.59 bits per heavy atom. The summed E-state index contributed by atoms with van der Waals surface area (Å²) >= 11 is 0. The monoisotopic (exact) mass is 438 g/mol. The molecule has 5 rings (SSSR count). The van der Waals surface area contributed by atoms with Gasteiger partial charge >= 0.3 is 5.97 Å². The van der Waals surface area contributed by atoms with Crippen LogP contribution in [0.3, 0.4) is 0 Å². The predicted octanol–water partition coefficient (Wildman–Crippen LogP) is 2.68. The molecule has 0 aromatic heterocycles. The Morgan fingerprint density at radius 1 is 1.16 bits per heavy atom. The van der Waals surface area contributed by atoms with Crippen LogP contribution in [0.25, 0.3) is 11.1 Å². The summed E-state index contributed by atoms with van der Waals surface area (Å²) < 4.78 is 19.0. The van der Waals surface area contributed by atoms with E-state index in [0.717, 1.165) is 29.5 Å². The molecule has 1 N–H and O–H groups in total. The van der Waals surface area contributed by atoms with Crippen molar-refractivity contribution < 1.29 is 28.6 Å². The van der Waals surface area contributed by atoms with Crippen LogP contribution >= 0.6 is 0 Å². The molecule has 3 aliphatic rings. The third-order valence-corrected chi connectivity index (χ3v) is 6.68. The number of rotatable bonds is 4. The molecule has 2 amide bonds. The van der Waals surface area contributed by atoms with Crippen molar-refractivity contribution in [2.45, 2.75) is 37.5 Å². The van der Waals surface area contributed by atoms with E-state index >= 15 is 0 Å². The Balaban J connectivity index is 1.32. The highest BCUT2D eigenvalue weighted by atomic mass is 19.1. The minimum absolute atomic E-state index is 0.181. The predicted molar refractivity (Wildman–Crippen MR) is 112 cm³/mol. The normalized spacial score (nSPS) is 24.4. The van der Waals surface area contributed by atoms with Gasteiger partial charge in [0.2, 0.25) is 5.91 Å².